The molecule has 1 atom stereocenters. The summed E-state index contributed by atoms with van der Waals surface area (Å²) in [5.41, 5.74) is 6.29. The second-order valence-corrected chi connectivity index (χ2v) is 6.87. The van der Waals surface area contributed by atoms with Gasteiger partial charge in [-0.2, -0.15) is 0 Å². The molecule has 0 saturated heterocycles. The van der Waals surface area contributed by atoms with E-state index in [9.17, 15) is 0 Å². The van der Waals surface area contributed by atoms with Crippen LogP contribution in [0.5, 0.6) is 23.0 Å². The van der Waals surface area contributed by atoms with Gasteiger partial charge in [0, 0.05) is 18.2 Å². The summed E-state index contributed by atoms with van der Waals surface area (Å²) in [6, 6.07) is 6.63. The number of nitrogens with zero attached hydrogens (tertiary/aromatic N) is 1. The molecule has 1 unspecified atom stereocenters. The summed E-state index contributed by atoms with van der Waals surface area (Å²) in [6.45, 7) is 1.00. The van der Waals surface area contributed by atoms with Crippen molar-refractivity contribution in [3.63, 3.8) is 0 Å². The zero-order valence-corrected chi connectivity index (χ0v) is 16.0. The summed E-state index contributed by atoms with van der Waals surface area (Å²) in [7, 11) is 8.97. The first-order chi connectivity index (χ1) is 12.6. The second-order valence-electron chi connectivity index (χ2n) is 6.87. The van der Waals surface area contributed by atoms with E-state index in [1.54, 1.807) is 28.4 Å². The Morgan fingerprint density at radius 3 is 2.15 bits per heavy atom. The number of fused-ring (bicyclic) bond motifs is 2. The Hall–Kier alpha value is -2.40. The van der Waals surface area contributed by atoms with Gasteiger partial charge in [0.15, 0.2) is 23.0 Å². The molecule has 2 aliphatic rings. The molecule has 0 bridgehead atoms. The van der Waals surface area contributed by atoms with Crippen LogP contribution in [0.25, 0.3) is 11.1 Å². The summed E-state index contributed by atoms with van der Waals surface area (Å²) in [5, 5.41) is 0. The number of methoxy groups -OCH3 is 4. The number of rotatable bonds is 4. The van der Waals surface area contributed by atoms with Gasteiger partial charge in [-0.25, -0.2) is 0 Å². The van der Waals surface area contributed by atoms with Gasteiger partial charge >= 0.3 is 0 Å². The van der Waals surface area contributed by atoms with Crippen LogP contribution in [0.2, 0.25) is 0 Å². The van der Waals surface area contributed by atoms with Gasteiger partial charge in [0.2, 0.25) is 0 Å². The normalized spacial score (nSPS) is 18.0. The van der Waals surface area contributed by atoms with Gasteiger partial charge in [0.1, 0.15) is 0 Å². The summed E-state index contributed by atoms with van der Waals surface area (Å²) in [6.07, 6.45) is 1.90. The highest BCUT2D eigenvalue weighted by molar-refractivity contribution is 5.81. The molecule has 4 rings (SSSR count). The van der Waals surface area contributed by atoms with Crippen LogP contribution in [0.15, 0.2) is 18.2 Å². The monoisotopic (exact) mass is 355 g/mol. The van der Waals surface area contributed by atoms with Crippen molar-refractivity contribution in [3.8, 4) is 34.1 Å². The van der Waals surface area contributed by atoms with Crippen molar-refractivity contribution in [3.05, 3.63) is 34.9 Å². The van der Waals surface area contributed by atoms with Crippen molar-refractivity contribution in [2.24, 2.45) is 0 Å². The van der Waals surface area contributed by atoms with Crippen molar-refractivity contribution in [1.82, 2.24) is 4.90 Å². The third-order valence-electron chi connectivity index (χ3n) is 5.71. The fraction of sp³-hybridized carbons (Fsp3) is 0.429. The van der Waals surface area contributed by atoms with Crippen LogP contribution in [-0.2, 0) is 12.8 Å². The molecule has 1 heterocycles. The Kier molecular flexibility index (Phi) is 4.19. The molecule has 0 fully saturated rings. The van der Waals surface area contributed by atoms with Gasteiger partial charge in [0.25, 0.3) is 0 Å². The van der Waals surface area contributed by atoms with Gasteiger partial charge in [-0.15, -0.1) is 0 Å². The Morgan fingerprint density at radius 2 is 1.50 bits per heavy atom. The Balaban J connectivity index is 2.03. The maximum absolute atomic E-state index is 5.72. The molecule has 0 amide bonds. The molecule has 5 nitrogen and oxygen atoms in total. The molecule has 0 radical (unpaired) electrons. The fourth-order valence-electron chi connectivity index (χ4n) is 4.41. The van der Waals surface area contributed by atoms with Gasteiger partial charge < -0.3 is 18.9 Å². The third-order valence-corrected chi connectivity index (χ3v) is 5.71. The van der Waals surface area contributed by atoms with Crippen LogP contribution in [0.3, 0.4) is 0 Å². The maximum atomic E-state index is 5.72. The quantitative estimate of drug-likeness (QED) is 0.840. The first kappa shape index (κ1) is 17.0. The van der Waals surface area contributed by atoms with Gasteiger partial charge in [-0.3, -0.25) is 4.90 Å². The average molecular weight is 355 g/mol. The van der Waals surface area contributed by atoms with Crippen molar-refractivity contribution < 1.29 is 18.9 Å². The average Bonchev–Trinajstić information content (AvgIpc) is 2.68. The molecule has 5 heteroatoms. The van der Waals surface area contributed by atoms with E-state index in [0.29, 0.717) is 6.04 Å². The van der Waals surface area contributed by atoms with Crippen LogP contribution >= 0.6 is 0 Å². The molecule has 1 aliphatic carbocycles. The van der Waals surface area contributed by atoms with Crippen molar-refractivity contribution in [2.45, 2.75) is 18.9 Å². The minimum absolute atomic E-state index is 0.333. The third kappa shape index (κ3) is 2.34. The van der Waals surface area contributed by atoms with Crippen LogP contribution in [0.4, 0.5) is 0 Å². The largest absolute Gasteiger partial charge is 0.493 e. The summed E-state index contributed by atoms with van der Waals surface area (Å²) in [4.78, 5) is 2.43. The van der Waals surface area contributed by atoms with Crippen LogP contribution in [0, 0.1) is 0 Å². The van der Waals surface area contributed by atoms with Crippen LogP contribution < -0.4 is 18.9 Å². The van der Waals surface area contributed by atoms with Crippen LogP contribution in [-0.4, -0.2) is 46.9 Å². The zero-order chi connectivity index (χ0) is 18.4. The lowest BCUT2D eigenvalue weighted by Crippen LogP contribution is -2.35. The first-order valence-electron chi connectivity index (χ1n) is 8.86. The molecule has 2 aromatic rings. The van der Waals surface area contributed by atoms with E-state index in [2.05, 4.69) is 30.1 Å². The lowest BCUT2D eigenvalue weighted by molar-refractivity contribution is 0.224. The molecule has 2 aromatic carbocycles. The van der Waals surface area contributed by atoms with E-state index in [-0.39, 0.29) is 0 Å². The molecule has 0 saturated carbocycles. The number of hydrogen-bond acceptors (Lipinski definition) is 5. The highest BCUT2D eigenvalue weighted by Crippen LogP contribution is 2.52. The minimum atomic E-state index is 0.333. The van der Waals surface area contributed by atoms with Crippen LogP contribution in [0.1, 0.15) is 22.7 Å². The molecule has 138 valence electrons. The number of benzene rings is 2. The predicted octanol–water partition coefficient (Wildman–Crippen LogP) is 3.47. The minimum Gasteiger partial charge on any atom is -0.493 e. The number of hydrogen-bond donors (Lipinski definition) is 0. The Labute approximate surface area is 154 Å². The molecule has 1 aliphatic heterocycles. The molecular weight excluding hydrogens is 330 g/mol. The standard InChI is InChI=1S/C21H25NO4/c1-22-7-6-13-20-15(11-19(25-4)21(13)26-5)14-10-18(24-3)17(23-2)9-12(14)8-16(20)22/h9-11,16H,6-8H2,1-5H3. The topological polar surface area (TPSA) is 40.2 Å². The van der Waals surface area contributed by atoms with Gasteiger partial charge in [-0.05, 0) is 60.3 Å². The van der Waals surface area contributed by atoms with E-state index in [0.717, 1.165) is 42.4 Å². The van der Waals surface area contributed by atoms with Crippen molar-refractivity contribution in [2.75, 3.05) is 42.0 Å². The van der Waals surface area contributed by atoms with Gasteiger partial charge in [-0.1, -0.05) is 0 Å². The van der Waals surface area contributed by atoms with Crippen molar-refractivity contribution in [1.29, 1.82) is 0 Å². The van der Waals surface area contributed by atoms with Gasteiger partial charge in [0.05, 0.1) is 28.4 Å². The molecule has 0 spiro atoms. The fourth-order valence-corrected chi connectivity index (χ4v) is 4.41. The van der Waals surface area contributed by atoms with E-state index in [1.165, 1.54) is 27.8 Å². The SMILES string of the molecule is COc1cc2c(cc1OC)-c1cc(OC)c(OC)c3c1C(C2)N(C)CC3. The highest BCUT2D eigenvalue weighted by atomic mass is 16.5. The molecule has 26 heavy (non-hydrogen) atoms. The predicted molar refractivity (Wildman–Crippen MR) is 101 cm³/mol. The number of ether oxygens (including phenoxy) is 4. The summed E-state index contributed by atoms with van der Waals surface area (Å²) < 4.78 is 22.4. The zero-order valence-electron chi connectivity index (χ0n) is 16.0. The Morgan fingerprint density at radius 1 is 0.846 bits per heavy atom. The van der Waals surface area contributed by atoms with Crippen molar-refractivity contribution >= 4 is 0 Å². The second kappa shape index (κ2) is 6.40. The molecular formula is C21H25NO4. The maximum Gasteiger partial charge on any atom is 0.164 e. The highest BCUT2D eigenvalue weighted by Gasteiger charge is 2.36. The van der Waals surface area contributed by atoms with E-state index in [1.807, 2.05) is 0 Å². The van der Waals surface area contributed by atoms with E-state index in [4.69, 9.17) is 18.9 Å². The smallest absolute Gasteiger partial charge is 0.164 e. The molecule has 0 aromatic heterocycles. The summed E-state index contributed by atoms with van der Waals surface area (Å²) >= 11 is 0. The lowest BCUT2D eigenvalue weighted by atomic mass is 9.76. The Bertz CT molecular complexity index is 862. The van der Waals surface area contributed by atoms with E-state index < -0.39 is 0 Å². The molecule has 0 N–H and O–H groups in total. The lowest BCUT2D eigenvalue weighted by Gasteiger charge is -2.40. The number of likely N-dealkylation sites (N-methyl/N-ethyl adjacent to an activating group) is 1. The first-order valence-corrected chi connectivity index (χ1v) is 8.86. The summed E-state index contributed by atoms with van der Waals surface area (Å²) in [5.74, 6) is 3.17. The van der Waals surface area contributed by atoms with E-state index >= 15 is 0 Å².